The van der Waals surface area contributed by atoms with Gasteiger partial charge in [0.2, 0.25) is 0 Å². The first-order valence-corrected chi connectivity index (χ1v) is 21.4. The van der Waals surface area contributed by atoms with Crippen molar-refractivity contribution in [2.45, 2.75) is 108 Å². The van der Waals surface area contributed by atoms with Gasteiger partial charge in [-0.2, -0.15) is 0 Å². The molecule has 0 aromatic heterocycles. The molecule has 0 spiro atoms. The summed E-state index contributed by atoms with van der Waals surface area (Å²) in [4.78, 5) is 65.2. The third kappa shape index (κ3) is 9.32. The molecule has 0 saturated carbocycles. The Labute approximate surface area is 348 Å². The van der Waals surface area contributed by atoms with E-state index in [9.17, 15) is 29.1 Å². The predicted octanol–water partition coefficient (Wildman–Crippen LogP) is 2.60. The molecular weight excluding hydrogens is 801 g/mol. The average Bonchev–Trinajstić information content (AvgIpc) is 3.21. The Morgan fingerprint density at radius 2 is 1.22 bits per heavy atom. The zero-order chi connectivity index (χ0) is 43.4. The fourth-order valence-electron chi connectivity index (χ4n) is 7.98. The van der Waals surface area contributed by atoms with Crippen LogP contribution in [0, 0.1) is 0 Å². The number of fused-ring (bicyclic) bond motifs is 4. The van der Waals surface area contributed by atoms with E-state index < -0.39 is 111 Å². The molecule has 6 rings (SSSR count). The lowest BCUT2D eigenvalue weighted by molar-refractivity contribution is -0.357. The van der Waals surface area contributed by atoms with Crippen molar-refractivity contribution in [3.63, 3.8) is 0 Å². The standard InChI is InChI=1S/C43H50O16Si/c1-24(44)53-34-32-22-51-39(48)29-20-14-15-21-30(29)40(49)58-37-35(59-42(57-32)38(55-26(3)46)36(34)54-25(2)45)33(47)31(56-41(37)50-7)23-52-60(43(4,5)6,27-16-10-8-11-17-27)28-18-12-9-13-19-28/h8-21,31-38,41-42,47H,22-23H2,1-7H3/t31-,32-,33-,34-,35+,36+,37-,38-,41+,42+/m1/s1. The SMILES string of the molecule is CO[C@H]1O[C@H](CO[Si](c2ccccc2)(c2ccccc2)C(C)(C)C)[C@@H](O)[C@@H]2O[C@@H]3O[C@H](COC(=O)c4ccccc4C(=O)O[C@@H]12)[C@@H](OC(C)=O)[C@H](OC(C)=O)[C@H]3OC(C)=O. The molecule has 0 amide bonds. The van der Waals surface area contributed by atoms with Gasteiger partial charge in [-0.3, -0.25) is 14.4 Å². The number of rotatable bonds is 9. The van der Waals surface area contributed by atoms with E-state index in [1.54, 1.807) is 0 Å². The number of aliphatic hydroxyl groups is 1. The first-order valence-electron chi connectivity index (χ1n) is 19.5. The van der Waals surface area contributed by atoms with Gasteiger partial charge in [0, 0.05) is 27.9 Å². The van der Waals surface area contributed by atoms with Crippen molar-refractivity contribution in [3.8, 4) is 0 Å². The van der Waals surface area contributed by atoms with Crippen molar-refractivity contribution < 1.29 is 76.1 Å². The number of carbonyl (C=O) groups is 5. The molecule has 3 aromatic rings. The molecule has 322 valence electrons. The van der Waals surface area contributed by atoms with Crippen LogP contribution in [0.4, 0.5) is 0 Å². The number of benzene rings is 3. The summed E-state index contributed by atoms with van der Waals surface area (Å²) in [7, 11) is -1.92. The maximum absolute atomic E-state index is 14.0. The summed E-state index contributed by atoms with van der Waals surface area (Å²) in [5.74, 6) is -4.54. The minimum atomic E-state index is -3.22. The Balaban J connectivity index is 1.46. The highest BCUT2D eigenvalue weighted by atomic mass is 28.4. The smallest absolute Gasteiger partial charge is 0.339 e. The molecule has 2 fully saturated rings. The lowest BCUT2D eigenvalue weighted by Gasteiger charge is -2.49. The highest BCUT2D eigenvalue weighted by Crippen LogP contribution is 2.39. The maximum Gasteiger partial charge on any atom is 0.339 e. The Bertz CT molecular complexity index is 1960. The maximum atomic E-state index is 14.0. The predicted molar refractivity (Wildman–Crippen MR) is 211 cm³/mol. The van der Waals surface area contributed by atoms with Gasteiger partial charge in [0.15, 0.2) is 37.0 Å². The lowest BCUT2D eigenvalue weighted by Crippen LogP contribution is -2.69. The quantitative estimate of drug-likeness (QED) is 0.187. The molecular formula is C43H50O16Si. The van der Waals surface area contributed by atoms with Crippen LogP contribution in [0.25, 0.3) is 0 Å². The number of esters is 5. The molecule has 0 unspecified atom stereocenters. The van der Waals surface area contributed by atoms with E-state index in [-0.39, 0.29) is 17.7 Å². The van der Waals surface area contributed by atoms with Crippen molar-refractivity contribution in [2.75, 3.05) is 20.3 Å². The van der Waals surface area contributed by atoms with Gasteiger partial charge >= 0.3 is 29.8 Å². The number of hydrogen-bond acceptors (Lipinski definition) is 16. The van der Waals surface area contributed by atoms with Gasteiger partial charge in [0.1, 0.15) is 31.0 Å². The zero-order valence-corrected chi connectivity index (χ0v) is 35.3. The fraction of sp³-hybridized carbons (Fsp3) is 0.465. The van der Waals surface area contributed by atoms with E-state index in [0.29, 0.717) is 0 Å². The molecule has 16 nitrogen and oxygen atoms in total. The van der Waals surface area contributed by atoms with Crippen molar-refractivity contribution in [1.82, 2.24) is 0 Å². The van der Waals surface area contributed by atoms with E-state index >= 15 is 0 Å². The Hall–Kier alpha value is -5.01. The molecule has 3 aliphatic heterocycles. The summed E-state index contributed by atoms with van der Waals surface area (Å²) in [6.07, 6.45) is -15.4. The van der Waals surface area contributed by atoms with Gasteiger partial charge in [-0.25, -0.2) is 9.59 Å². The van der Waals surface area contributed by atoms with E-state index in [0.717, 1.165) is 31.1 Å². The Kier molecular flexibility index (Phi) is 13.9. The molecule has 1 N–H and O–H groups in total. The van der Waals surface area contributed by atoms with Crippen LogP contribution in [0.2, 0.25) is 5.04 Å². The van der Waals surface area contributed by atoms with Crippen LogP contribution in [-0.2, 0) is 61.4 Å². The topological polar surface area (TPSA) is 198 Å². The number of cyclic esters (lactones) is 1. The largest absolute Gasteiger partial charge is 0.459 e. The van der Waals surface area contributed by atoms with Crippen molar-refractivity contribution in [1.29, 1.82) is 0 Å². The summed E-state index contributed by atoms with van der Waals surface area (Å²) in [5.41, 5.74) is -0.384. The third-order valence-electron chi connectivity index (χ3n) is 10.5. The minimum Gasteiger partial charge on any atom is -0.459 e. The van der Waals surface area contributed by atoms with E-state index in [1.807, 2.05) is 60.7 Å². The Morgan fingerprint density at radius 1 is 0.700 bits per heavy atom. The van der Waals surface area contributed by atoms with Gasteiger partial charge in [-0.15, -0.1) is 0 Å². The number of methoxy groups -OCH3 is 1. The van der Waals surface area contributed by atoms with Crippen molar-refractivity contribution in [3.05, 3.63) is 96.1 Å². The van der Waals surface area contributed by atoms with Crippen molar-refractivity contribution in [2.24, 2.45) is 0 Å². The lowest BCUT2D eigenvalue weighted by atomic mass is 9.96. The van der Waals surface area contributed by atoms with E-state index in [1.165, 1.54) is 31.4 Å². The van der Waals surface area contributed by atoms with Crippen LogP contribution < -0.4 is 10.4 Å². The van der Waals surface area contributed by atoms with Gasteiger partial charge in [-0.1, -0.05) is 93.6 Å². The van der Waals surface area contributed by atoms with Gasteiger partial charge < -0.3 is 52.2 Å². The molecule has 0 aliphatic carbocycles. The van der Waals surface area contributed by atoms with Gasteiger partial charge in [-0.05, 0) is 27.5 Å². The second-order valence-corrected chi connectivity index (χ2v) is 19.9. The molecule has 3 heterocycles. The summed E-state index contributed by atoms with van der Waals surface area (Å²) in [6.45, 7) is 8.70. The summed E-state index contributed by atoms with van der Waals surface area (Å²) in [5, 5.41) is 13.9. The highest BCUT2D eigenvalue weighted by Gasteiger charge is 2.58. The molecule has 2 saturated heterocycles. The van der Waals surface area contributed by atoms with Crippen LogP contribution in [0.15, 0.2) is 84.9 Å². The normalized spacial score (nSPS) is 28.5. The fourth-order valence-corrected chi connectivity index (χ4v) is 12.6. The average molecular weight is 851 g/mol. The molecule has 0 radical (unpaired) electrons. The van der Waals surface area contributed by atoms with Gasteiger partial charge in [0.25, 0.3) is 8.32 Å². The number of hydrogen-bond donors (Lipinski definition) is 1. The van der Waals surface area contributed by atoms with Gasteiger partial charge in [0.05, 0.1) is 17.7 Å². The first kappa shape index (κ1) is 44.5. The third-order valence-corrected chi connectivity index (χ3v) is 15.5. The second kappa shape index (κ2) is 18.7. The number of ether oxygens (including phenoxy) is 9. The highest BCUT2D eigenvalue weighted by molar-refractivity contribution is 6.99. The zero-order valence-electron chi connectivity index (χ0n) is 34.3. The van der Waals surface area contributed by atoms with E-state index in [4.69, 9.17) is 47.1 Å². The Morgan fingerprint density at radius 3 is 1.75 bits per heavy atom. The van der Waals surface area contributed by atoms with Crippen LogP contribution in [-0.4, -0.2) is 125 Å². The minimum absolute atomic E-state index is 0.187. The molecule has 2 bridgehead atoms. The van der Waals surface area contributed by atoms with Crippen LogP contribution in [0.5, 0.6) is 0 Å². The molecule has 60 heavy (non-hydrogen) atoms. The monoisotopic (exact) mass is 850 g/mol. The summed E-state index contributed by atoms with van der Waals surface area (Å²) < 4.78 is 60.4. The molecule has 3 aromatic carbocycles. The van der Waals surface area contributed by atoms with E-state index in [2.05, 4.69) is 20.8 Å². The second-order valence-electron chi connectivity index (χ2n) is 15.6. The molecule has 17 heteroatoms. The number of aliphatic hydroxyl groups excluding tert-OH is 1. The first-order chi connectivity index (χ1) is 28.5. The summed E-state index contributed by atoms with van der Waals surface area (Å²) in [6, 6.07) is 25.3. The molecule has 3 aliphatic rings. The summed E-state index contributed by atoms with van der Waals surface area (Å²) >= 11 is 0. The van der Waals surface area contributed by atoms with Crippen molar-refractivity contribution >= 4 is 48.5 Å². The number of carbonyl (C=O) groups excluding carboxylic acids is 5. The van der Waals surface area contributed by atoms with Crippen LogP contribution in [0.3, 0.4) is 0 Å². The van der Waals surface area contributed by atoms with Crippen LogP contribution >= 0.6 is 0 Å². The van der Waals surface area contributed by atoms with Crippen LogP contribution in [0.1, 0.15) is 62.3 Å². The molecule has 10 atom stereocenters.